The Balaban J connectivity index is 2.66. The first kappa shape index (κ1) is 15.4. The monoisotopic (exact) mass is 267 g/mol. The van der Waals surface area contributed by atoms with E-state index in [0.29, 0.717) is 0 Å². The number of hydrogen-bond acceptors (Lipinski definition) is 3. The van der Waals surface area contributed by atoms with Crippen molar-refractivity contribution in [2.75, 3.05) is 33.0 Å². The van der Waals surface area contributed by atoms with Gasteiger partial charge in [0.15, 0.2) is 0 Å². The van der Waals surface area contributed by atoms with Crippen molar-refractivity contribution < 1.29 is 4.74 Å². The van der Waals surface area contributed by atoms with Gasteiger partial charge in [0.1, 0.15) is 5.75 Å². The third-order valence-corrected chi connectivity index (χ3v) is 3.55. The average Bonchev–Trinajstić information content (AvgIpc) is 2.34. The van der Waals surface area contributed by atoms with Gasteiger partial charge < -0.3 is 9.64 Å². The molecule has 102 valence electrons. The lowest BCUT2D eigenvalue weighted by Crippen LogP contribution is -2.23. The first-order chi connectivity index (χ1) is 8.58. The van der Waals surface area contributed by atoms with Crippen molar-refractivity contribution in [3.8, 4) is 5.75 Å². The predicted octanol–water partition coefficient (Wildman–Crippen LogP) is 3.11. The Hall–Kier alpha value is -0.670. The summed E-state index contributed by atoms with van der Waals surface area (Å²) >= 11 is 4.25. The number of rotatable bonds is 7. The van der Waals surface area contributed by atoms with E-state index >= 15 is 0 Å². The van der Waals surface area contributed by atoms with E-state index in [2.05, 4.69) is 50.6 Å². The third kappa shape index (κ3) is 4.54. The number of benzene rings is 1. The molecule has 0 radical (unpaired) electrons. The van der Waals surface area contributed by atoms with Crippen LogP contribution in [0.4, 0.5) is 0 Å². The van der Waals surface area contributed by atoms with Crippen molar-refractivity contribution in [1.29, 1.82) is 0 Å². The quantitative estimate of drug-likeness (QED) is 0.762. The summed E-state index contributed by atoms with van der Waals surface area (Å²) in [6.07, 6.45) is 2.18. The van der Waals surface area contributed by atoms with Crippen LogP contribution in [0, 0.1) is 13.8 Å². The van der Waals surface area contributed by atoms with Gasteiger partial charge in [0, 0.05) is 6.54 Å². The highest BCUT2D eigenvalue weighted by Gasteiger charge is 2.08. The largest absolute Gasteiger partial charge is 0.496 e. The van der Waals surface area contributed by atoms with Crippen LogP contribution in [-0.4, -0.2) is 37.9 Å². The van der Waals surface area contributed by atoms with E-state index in [1.54, 1.807) is 7.11 Å². The molecule has 1 aromatic carbocycles. The number of likely N-dealkylation sites (N-methyl/N-ethyl adjacent to an activating group) is 1. The van der Waals surface area contributed by atoms with Crippen LogP contribution in [-0.2, 0) is 6.42 Å². The summed E-state index contributed by atoms with van der Waals surface area (Å²) in [4.78, 5) is 2.36. The second-order valence-corrected chi connectivity index (χ2v) is 5.34. The molecule has 0 fully saturated rings. The molecule has 0 aliphatic carbocycles. The van der Waals surface area contributed by atoms with Crippen molar-refractivity contribution in [3.63, 3.8) is 0 Å². The summed E-state index contributed by atoms with van der Waals surface area (Å²) in [5.41, 5.74) is 3.92. The van der Waals surface area contributed by atoms with Crippen LogP contribution in [0.2, 0.25) is 0 Å². The maximum atomic E-state index is 5.49. The van der Waals surface area contributed by atoms with E-state index < -0.39 is 0 Å². The first-order valence-corrected chi connectivity index (χ1v) is 7.15. The maximum Gasteiger partial charge on any atom is 0.122 e. The number of methoxy groups -OCH3 is 1. The fourth-order valence-corrected chi connectivity index (χ4v) is 2.36. The SMILES string of the molecule is COc1cc(C)cc(C)c1CCN(C)CCCS. The van der Waals surface area contributed by atoms with E-state index in [1.807, 2.05) is 0 Å². The second kappa shape index (κ2) is 7.70. The van der Waals surface area contributed by atoms with Crippen LogP contribution < -0.4 is 4.74 Å². The molecule has 2 nitrogen and oxygen atoms in total. The number of nitrogens with zero attached hydrogens (tertiary/aromatic N) is 1. The van der Waals surface area contributed by atoms with Gasteiger partial charge in [0.05, 0.1) is 7.11 Å². The van der Waals surface area contributed by atoms with E-state index in [0.717, 1.165) is 37.4 Å². The molecule has 0 aliphatic heterocycles. The molecule has 0 saturated carbocycles. The normalized spacial score (nSPS) is 11.0. The minimum Gasteiger partial charge on any atom is -0.496 e. The van der Waals surface area contributed by atoms with Gasteiger partial charge in [-0.2, -0.15) is 12.6 Å². The van der Waals surface area contributed by atoms with Crippen molar-refractivity contribution in [1.82, 2.24) is 4.90 Å². The summed E-state index contributed by atoms with van der Waals surface area (Å²) in [7, 11) is 3.92. The molecule has 3 heteroatoms. The topological polar surface area (TPSA) is 12.5 Å². The van der Waals surface area contributed by atoms with Gasteiger partial charge in [-0.25, -0.2) is 0 Å². The molecule has 0 amide bonds. The molecule has 0 bridgehead atoms. The average molecular weight is 267 g/mol. The van der Waals surface area contributed by atoms with E-state index in [9.17, 15) is 0 Å². The summed E-state index contributed by atoms with van der Waals surface area (Å²) in [5, 5.41) is 0. The third-order valence-electron chi connectivity index (χ3n) is 3.24. The van der Waals surface area contributed by atoms with Crippen molar-refractivity contribution in [2.45, 2.75) is 26.7 Å². The minimum absolute atomic E-state index is 0.956. The van der Waals surface area contributed by atoms with E-state index in [-0.39, 0.29) is 0 Å². The van der Waals surface area contributed by atoms with Crippen LogP contribution in [0.15, 0.2) is 12.1 Å². The van der Waals surface area contributed by atoms with Gasteiger partial charge in [-0.1, -0.05) is 6.07 Å². The molecule has 1 rings (SSSR count). The smallest absolute Gasteiger partial charge is 0.122 e. The van der Waals surface area contributed by atoms with Crippen molar-refractivity contribution in [2.24, 2.45) is 0 Å². The molecule has 0 N–H and O–H groups in total. The lowest BCUT2D eigenvalue weighted by molar-refractivity contribution is 0.336. The second-order valence-electron chi connectivity index (χ2n) is 4.89. The Bertz CT molecular complexity index is 379. The van der Waals surface area contributed by atoms with Gasteiger partial charge in [-0.3, -0.25) is 0 Å². The van der Waals surface area contributed by atoms with Crippen molar-refractivity contribution >= 4 is 12.6 Å². The summed E-state index contributed by atoms with van der Waals surface area (Å²) in [6, 6.07) is 4.35. The number of ether oxygens (including phenoxy) is 1. The number of thiol groups is 1. The number of hydrogen-bond donors (Lipinski definition) is 1. The molecular weight excluding hydrogens is 242 g/mol. The van der Waals surface area contributed by atoms with Gasteiger partial charge >= 0.3 is 0 Å². The minimum atomic E-state index is 0.956. The molecular formula is C15H25NOS. The fourth-order valence-electron chi connectivity index (χ4n) is 2.22. The summed E-state index contributed by atoms with van der Waals surface area (Å²) in [5.74, 6) is 1.98. The molecule has 0 spiro atoms. The Kier molecular flexibility index (Phi) is 6.58. The first-order valence-electron chi connectivity index (χ1n) is 6.52. The van der Waals surface area contributed by atoms with E-state index in [1.165, 1.54) is 16.7 Å². The highest BCUT2D eigenvalue weighted by atomic mass is 32.1. The molecule has 0 aromatic heterocycles. The van der Waals surface area contributed by atoms with Crippen LogP contribution in [0.3, 0.4) is 0 Å². The van der Waals surface area contributed by atoms with Crippen LogP contribution in [0.25, 0.3) is 0 Å². The Labute approximate surface area is 117 Å². The molecule has 0 aliphatic rings. The Morgan fingerprint density at radius 3 is 2.56 bits per heavy atom. The zero-order valence-electron chi connectivity index (χ0n) is 12.0. The molecule has 0 heterocycles. The Morgan fingerprint density at radius 1 is 1.22 bits per heavy atom. The van der Waals surface area contributed by atoms with E-state index in [4.69, 9.17) is 4.74 Å². The van der Waals surface area contributed by atoms with Crippen LogP contribution in [0.1, 0.15) is 23.1 Å². The molecule has 0 unspecified atom stereocenters. The zero-order chi connectivity index (χ0) is 13.5. The van der Waals surface area contributed by atoms with Crippen LogP contribution in [0.5, 0.6) is 5.75 Å². The highest BCUT2D eigenvalue weighted by Crippen LogP contribution is 2.24. The maximum absolute atomic E-state index is 5.49. The van der Waals surface area contributed by atoms with Crippen molar-refractivity contribution in [3.05, 3.63) is 28.8 Å². The summed E-state index contributed by atoms with van der Waals surface area (Å²) < 4.78 is 5.49. The van der Waals surface area contributed by atoms with Gasteiger partial charge in [0.25, 0.3) is 0 Å². The highest BCUT2D eigenvalue weighted by molar-refractivity contribution is 7.80. The number of aryl methyl sites for hydroxylation is 2. The summed E-state index contributed by atoms with van der Waals surface area (Å²) in [6.45, 7) is 6.45. The van der Waals surface area contributed by atoms with Gasteiger partial charge in [-0.15, -0.1) is 0 Å². The van der Waals surface area contributed by atoms with Gasteiger partial charge in [-0.05, 0) is 68.8 Å². The zero-order valence-corrected chi connectivity index (χ0v) is 12.9. The molecule has 1 aromatic rings. The fraction of sp³-hybridized carbons (Fsp3) is 0.600. The Morgan fingerprint density at radius 2 is 1.94 bits per heavy atom. The van der Waals surface area contributed by atoms with Gasteiger partial charge in [0.2, 0.25) is 0 Å². The lowest BCUT2D eigenvalue weighted by Gasteiger charge is -2.18. The molecule has 0 saturated heterocycles. The lowest BCUT2D eigenvalue weighted by atomic mass is 10.0. The standard InChI is InChI=1S/C15H25NOS/c1-12-10-13(2)14(15(11-12)17-4)6-8-16(3)7-5-9-18/h10-11,18H,5-9H2,1-4H3. The van der Waals surface area contributed by atoms with Crippen LogP contribution >= 0.6 is 12.6 Å². The molecule has 18 heavy (non-hydrogen) atoms. The predicted molar refractivity (Wildman–Crippen MR) is 82.1 cm³/mol. The molecule has 0 atom stereocenters.